The van der Waals surface area contributed by atoms with Gasteiger partial charge in [-0.3, -0.25) is 9.59 Å². The van der Waals surface area contributed by atoms with Crippen LogP contribution in [0.5, 0.6) is 5.75 Å². The van der Waals surface area contributed by atoms with Gasteiger partial charge in [0, 0.05) is 50.0 Å². The monoisotopic (exact) mass is 402 g/mol. The Bertz CT molecular complexity index is 750. The molecule has 6 heteroatoms. The number of hydrogen-bond acceptors (Lipinski definition) is 5. The molecule has 0 aromatic heterocycles. The summed E-state index contributed by atoms with van der Waals surface area (Å²) in [6, 6.07) is 5.43. The highest BCUT2D eigenvalue weighted by atomic mass is 16.5. The molecule has 2 aliphatic rings. The van der Waals surface area contributed by atoms with Crippen LogP contribution in [0, 0.1) is 12.3 Å². The summed E-state index contributed by atoms with van der Waals surface area (Å²) in [7, 11) is 2.08. The molecule has 0 bridgehead atoms. The van der Waals surface area contributed by atoms with E-state index >= 15 is 0 Å². The predicted octanol–water partition coefficient (Wildman–Crippen LogP) is 2.66. The smallest absolute Gasteiger partial charge is 0.223 e. The van der Waals surface area contributed by atoms with Crippen LogP contribution in [0.15, 0.2) is 18.2 Å². The summed E-state index contributed by atoms with van der Waals surface area (Å²) in [6.45, 7) is 7.46. The first kappa shape index (κ1) is 21.8. The van der Waals surface area contributed by atoms with E-state index in [-0.39, 0.29) is 36.1 Å². The highest BCUT2D eigenvalue weighted by molar-refractivity contribution is 5.98. The number of piperidine rings is 2. The van der Waals surface area contributed by atoms with Crippen molar-refractivity contribution in [3.63, 3.8) is 0 Å². The minimum absolute atomic E-state index is 0.0144. The van der Waals surface area contributed by atoms with E-state index in [4.69, 9.17) is 4.74 Å². The minimum atomic E-state index is -0.359. The Hall–Kier alpha value is -1.92. The van der Waals surface area contributed by atoms with E-state index < -0.39 is 0 Å². The molecule has 1 aromatic rings. The molecule has 2 saturated heterocycles. The molecule has 2 heterocycles. The Balaban J connectivity index is 1.57. The molecule has 160 valence electrons. The van der Waals surface area contributed by atoms with Crippen molar-refractivity contribution in [1.82, 2.24) is 9.80 Å². The van der Waals surface area contributed by atoms with Gasteiger partial charge in [0.2, 0.25) is 5.91 Å². The van der Waals surface area contributed by atoms with E-state index in [0.717, 1.165) is 43.7 Å². The van der Waals surface area contributed by atoms with Crippen LogP contribution in [-0.2, 0) is 4.79 Å². The van der Waals surface area contributed by atoms with Gasteiger partial charge < -0.3 is 19.6 Å². The summed E-state index contributed by atoms with van der Waals surface area (Å²) in [5.74, 6) is 0.781. The third-order valence-electron chi connectivity index (χ3n) is 6.40. The molecule has 0 unspecified atom stereocenters. The average Bonchev–Trinajstić information content (AvgIpc) is 2.70. The molecule has 0 saturated carbocycles. The van der Waals surface area contributed by atoms with Crippen molar-refractivity contribution in [1.29, 1.82) is 0 Å². The number of Topliss-reactive ketones (excluding diaryl/α,β-unsaturated/α-hetero) is 1. The van der Waals surface area contributed by atoms with Crippen LogP contribution in [-0.4, -0.2) is 72.5 Å². The number of hydrogen-bond donors (Lipinski definition) is 1. The summed E-state index contributed by atoms with van der Waals surface area (Å²) in [6.07, 6.45) is 2.68. The Kier molecular flexibility index (Phi) is 6.96. The molecule has 0 radical (unpaired) electrons. The second-order valence-electron chi connectivity index (χ2n) is 8.66. The molecule has 1 amide bonds. The average molecular weight is 403 g/mol. The van der Waals surface area contributed by atoms with Crippen molar-refractivity contribution < 1.29 is 19.4 Å². The molecular weight excluding hydrogens is 368 g/mol. The number of aliphatic hydroxyl groups excluding tert-OH is 1. The fourth-order valence-electron chi connectivity index (χ4n) is 4.81. The van der Waals surface area contributed by atoms with Gasteiger partial charge in [-0.25, -0.2) is 0 Å². The topological polar surface area (TPSA) is 70.1 Å². The SMILES string of the molecule is CCOc1ccc(C(=O)CCC(=O)N2CCC[C@]3(CN(C)CC[C@@H]3O)C2)cc1C. The lowest BCUT2D eigenvalue weighted by molar-refractivity contribution is -0.140. The lowest BCUT2D eigenvalue weighted by Crippen LogP contribution is -2.59. The van der Waals surface area contributed by atoms with Crippen molar-refractivity contribution in [2.75, 3.05) is 39.8 Å². The second-order valence-corrected chi connectivity index (χ2v) is 8.66. The quantitative estimate of drug-likeness (QED) is 0.741. The standard InChI is InChI=1S/C23H34N2O4/c1-4-29-20-8-6-18(14-17(20)2)19(26)7-9-22(28)25-12-5-11-23(16-25)15-24(3)13-10-21(23)27/h6,8,14,21,27H,4-5,7,9-13,15-16H2,1-3H3/t21-,23-/m0/s1. The second kappa shape index (κ2) is 9.26. The van der Waals surface area contributed by atoms with Crippen molar-refractivity contribution in [3.8, 4) is 5.75 Å². The zero-order valence-corrected chi connectivity index (χ0v) is 17.9. The lowest BCUT2D eigenvalue weighted by Gasteiger charge is -2.50. The summed E-state index contributed by atoms with van der Waals surface area (Å²) in [4.78, 5) is 29.5. The van der Waals surface area contributed by atoms with Gasteiger partial charge in [-0.15, -0.1) is 0 Å². The molecule has 3 rings (SSSR count). The zero-order valence-electron chi connectivity index (χ0n) is 17.9. The fraction of sp³-hybridized carbons (Fsp3) is 0.652. The molecule has 2 atom stereocenters. The number of carbonyl (C=O) groups is 2. The van der Waals surface area contributed by atoms with Crippen LogP contribution in [0.2, 0.25) is 0 Å². The maximum atomic E-state index is 12.8. The largest absolute Gasteiger partial charge is 0.494 e. The summed E-state index contributed by atoms with van der Waals surface area (Å²) in [5, 5.41) is 10.6. The van der Waals surface area contributed by atoms with Gasteiger partial charge in [0.1, 0.15) is 5.75 Å². The first-order valence-corrected chi connectivity index (χ1v) is 10.8. The number of nitrogens with zero attached hydrogens (tertiary/aromatic N) is 2. The highest BCUT2D eigenvalue weighted by Crippen LogP contribution is 2.38. The fourth-order valence-corrected chi connectivity index (χ4v) is 4.81. The van der Waals surface area contributed by atoms with Crippen molar-refractivity contribution in [2.24, 2.45) is 5.41 Å². The Morgan fingerprint density at radius 2 is 2.03 bits per heavy atom. The van der Waals surface area contributed by atoms with Crippen LogP contribution >= 0.6 is 0 Å². The van der Waals surface area contributed by atoms with Gasteiger partial charge in [0.15, 0.2) is 5.78 Å². The summed E-state index contributed by atoms with van der Waals surface area (Å²) >= 11 is 0. The minimum Gasteiger partial charge on any atom is -0.494 e. The Morgan fingerprint density at radius 1 is 1.24 bits per heavy atom. The third-order valence-corrected chi connectivity index (χ3v) is 6.40. The number of benzene rings is 1. The van der Waals surface area contributed by atoms with Gasteiger partial charge >= 0.3 is 0 Å². The van der Waals surface area contributed by atoms with E-state index in [2.05, 4.69) is 11.9 Å². The highest BCUT2D eigenvalue weighted by Gasteiger charge is 2.45. The van der Waals surface area contributed by atoms with Crippen LogP contribution in [0.3, 0.4) is 0 Å². The number of ketones is 1. The van der Waals surface area contributed by atoms with Crippen molar-refractivity contribution >= 4 is 11.7 Å². The van der Waals surface area contributed by atoms with Gasteiger partial charge in [-0.05, 0) is 63.9 Å². The predicted molar refractivity (Wildman–Crippen MR) is 112 cm³/mol. The Labute approximate surface area is 173 Å². The number of likely N-dealkylation sites (tertiary alicyclic amines) is 2. The molecule has 1 spiro atoms. The number of amides is 1. The number of carbonyl (C=O) groups excluding carboxylic acids is 2. The van der Waals surface area contributed by atoms with E-state index in [1.807, 2.05) is 30.9 Å². The van der Waals surface area contributed by atoms with Crippen molar-refractivity contribution in [3.05, 3.63) is 29.3 Å². The zero-order chi connectivity index (χ0) is 21.0. The molecule has 0 aliphatic carbocycles. The molecule has 1 N–H and O–H groups in total. The maximum absolute atomic E-state index is 12.8. The number of aliphatic hydroxyl groups is 1. The molecule has 6 nitrogen and oxygen atoms in total. The number of ether oxygens (including phenoxy) is 1. The third kappa shape index (κ3) is 4.98. The van der Waals surface area contributed by atoms with Gasteiger partial charge in [0.05, 0.1) is 12.7 Å². The van der Waals surface area contributed by atoms with Crippen LogP contribution in [0.4, 0.5) is 0 Å². The van der Waals surface area contributed by atoms with E-state index in [1.165, 1.54) is 0 Å². The lowest BCUT2D eigenvalue weighted by atomic mass is 9.71. The van der Waals surface area contributed by atoms with E-state index in [9.17, 15) is 14.7 Å². The molecule has 2 aliphatic heterocycles. The summed E-state index contributed by atoms with van der Waals surface area (Å²) < 4.78 is 5.52. The molecule has 1 aromatic carbocycles. The number of aryl methyl sites for hydroxylation is 1. The van der Waals surface area contributed by atoms with Crippen molar-refractivity contribution in [2.45, 2.75) is 52.1 Å². The first-order valence-electron chi connectivity index (χ1n) is 10.8. The molecule has 2 fully saturated rings. The Morgan fingerprint density at radius 3 is 2.76 bits per heavy atom. The first-order chi connectivity index (χ1) is 13.8. The van der Waals surface area contributed by atoms with Gasteiger partial charge in [0.25, 0.3) is 0 Å². The number of rotatable bonds is 6. The molecule has 29 heavy (non-hydrogen) atoms. The van der Waals surface area contributed by atoms with Crippen LogP contribution in [0.1, 0.15) is 54.9 Å². The van der Waals surface area contributed by atoms with Crippen LogP contribution in [0.25, 0.3) is 0 Å². The van der Waals surface area contributed by atoms with E-state index in [1.54, 1.807) is 6.07 Å². The summed E-state index contributed by atoms with van der Waals surface area (Å²) in [5.41, 5.74) is 1.33. The normalized spacial score (nSPS) is 25.2. The molecular formula is C23H34N2O4. The van der Waals surface area contributed by atoms with Crippen LogP contribution < -0.4 is 4.74 Å². The van der Waals surface area contributed by atoms with Gasteiger partial charge in [-0.1, -0.05) is 0 Å². The van der Waals surface area contributed by atoms with Gasteiger partial charge in [-0.2, -0.15) is 0 Å². The maximum Gasteiger partial charge on any atom is 0.223 e. The van der Waals surface area contributed by atoms with E-state index in [0.29, 0.717) is 25.3 Å².